The zero-order valence-electron chi connectivity index (χ0n) is 11.3. The summed E-state index contributed by atoms with van der Waals surface area (Å²) in [5.74, 6) is 0.449. The number of nitrogens with one attached hydrogen (secondary N) is 1. The number of hydrogen-bond acceptors (Lipinski definition) is 5. The highest BCUT2D eigenvalue weighted by Crippen LogP contribution is 2.26. The van der Waals surface area contributed by atoms with Gasteiger partial charge >= 0.3 is 0 Å². The lowest BCUT2D eigenvalue weighted by Crippen LogP contribution is -2.14. The predicted octanol–water partition coefficient (Wildman–Crippen LogP) is 2.15. The molecule has 2 rings (SSSR count). The molecule has 0 atom stereocenters. The molecule has 6 nitrogen and oxygen atoms in total. The SMILES string of the molecule is CCOc1ccccc1NS(=O)(=O)c1ccc(C#N)nc1. The Morgan fingerprint density at radius 3 is 2.67 bits per heavy atom. The van der Waals surface area contributed by atoms with Crippen LogP contribution in [0, 0.1) is 11.3 Å². The number of sulfonamides is 1. The molecule has 0 radical (unpaired) electrons. The number of para-hydroxylation sites is 2. The van der Waals surface area contributed by atoms with Crippen LogP contribution >= 0.6 is 0 Å². The van der Waals surface area contributed by atoms with Crippen LogP contribution in [0.3, 0.4) is 0 Å². The topological polar surface area (TPSA) is 92.1 Å². The van der Waals surface area contributed by atoms with Crippen molar-refractivity contribution in [3.05, 3.63) is 48.3 Å². The quantitative estimate of drug-likeness (QED) is 0.913. The molecule has 0 saturated carbocycles. The molecule has 0 saturated heterocycles. The minimum absolute atomic E-state index is 0.0206. The Balaban J connectivity index is 2.31. The van der Waals surface area contributed by atoms with Gasteiger partial charge in [0.2, 0.25) is 0 Å². The molecule has 1 heterocycles. The number of benzene rings is 1. The second-order valence-corrected chi connectivity index (χ2v) is 5.71. The Bertz CT molecular complexity index is 765. The minimum atomic E-state index is -3.78. The number of nitriles is 1. The Hall–Kier alpha value is -2.59. The van der Waals surface area contributed by atoms with Gasteiger partial charge in [-0.3, -0.25) is 4.72 Å². The summed E-state index contributed by atoms with van der Waals surface area (Å²) < 4.78 is 32.4. The highest BCUT2D eigenvalue weighted by atomic mass is 32.2. The normalized spacial score (nSPS) is 10.7. The third-order valence-corrected chi connectivity index (χ3v) is 3.94. The van der Waals surface area contributed by atoms with E-state index in [0.29, 0.717) is 18.0 Å². The lowest BCUT2D eigenvalue weighted by Gasteiger charge is -2.12. The van der Waals surface area contributed by atoms with Crippen molar-refractivity contribution in [2.24, 2.45) is 0 Å². The highest BCUT2D eigenvalue weighted by molar-refractivity contribution is 7.92. The van der Waals surface area contributed by atoms with Gasteiger partial charge in [-0.15, -0.1) is 0 Å². The molecule has 0 aliphatic rings. The Morgan fingerprint density at radius 2 is 2.05 bits per heavy atom. The van der Waals surface area contributed by atoms with Crippen LogP contribution < -0.4 is 9.46 Å². The van der Waals surface area contributed by atoms with Crippen LogP contribution in [0.1, 0.15) is 12.6 Å². The molecule has 108 valence electrons. The summed E-state index contributed by atoms with van der Waals surface area (Å²) in [5, 5.41) is 8.67. The first-order valence-corrected chi connectivity index (χ1v) is 7.66. The highest BCUT2D eigenvalue weighted by Gasteiger charge is 2.16. The van der Waals surface area contributed by atoms with E-state index in [1.54, 1.807) is 24.3 Å². The van der Waals surface area contributed by atoms with E-state index >= 15 is 0 Å². The molecule has 0 aliphatic carbocycles. The predicted molar refractivity (Wildman–Crippen MR) is 77.4 cm³/mol. The average Bonchev–Trinajstić information content (AvgIpc) is 2.49. The molecule has 1 aromatic heterocycles. The fraction of sp³-hybridized carbons (Fsp3) is 0.143. The van der Waals surface area contributed by atoms with Gasteiger partial charge in [-0.2, -0.15) is 5.26 Å². The van der Waals surface area contributed by atoms with E-state index in [4.69, 9.17) is 10.00 Å². The van der Waals surface area contributed by atoms with Crippen LogP contribution in [0.15, 0.2) is 47.5 Å². The van der Waals surface area contributed by atoms with Crippen LogP contribution in [-0.4, -0.2) is 20.0 Å². The van der Waals surface area contributed by atoms with Gasteiger partial charge < -0.3 is 4.74 Å². The van der Waals surface area contributed by atoms with Gasteiger partial charge in [0.05, 0.1) is 12.3 Å². The van der Waals surface area contributed by atoms with Crippen molar-refractivity contribution in [1.82, 2.24) is 4.98 Å². The number of anilines is 1. The van der Waals surface area contributed by atoms with Gasteiger partial charge in [0.25, 0.3) is 10.0 Å². The maximum atomic E-state index is 12.3. The van der Waals surface area contributed by atoms with Gasteiger partial charge in [0, 0.05) is 6.20 Å². The van der Waals surface area contributed by atoms with Crippen molar-refractivity contribution in [3.63, 3.8) is 0 Å². The molecule has 1 aromatic carbocycles. The number of rotatable bonds is 5. The summed E-state index contributed by atoms with van der Waals surface area (Å²) >= 11 is 0. The van der Waals surface area contributed by atoms with E-state index in [-0.39, 0.29) is 10.6 Å². The molecule has 21 heavy (non-hydrogen) atoms. The first kappa shape index (κ1) is 14.8. The summed E-state index contributed by atoms with van der Waals surface area (Å²) in [6, 6.07) is 11.3. The van der Waals surface area contributed by atoms with Crippen molar-refractivity contribution in [2.75, 3.05) is 11.3 Å². The van der Waals surface area contributed by atoms with Gasteiger partial charge in [0.15, 0.2) is 0 Å². The molecular weight excluding hydrogens is 290 g/mol. The van der Waals surface area contributed by atoms with Crippen molar-refractivity contribution in [1.29, 1.82) is 5.26 Å². The largest absolute Gasteiger partial charge is 0.492 e. The zero-order chi connectivity index (χ0) is 15.3. The van der Waals surface area contributed by atoms with Crippen molar-refractivity contribution < 1.29 is 13.2 Å². The van der Waals surface area contributed by atoms with E-state index in [9.17, 15) is 8.42 Å². The molecule has 1 N–H and O–H groups in total. The van der Waals surface area contributed by atoms with Crippen molar-refractivity contribution in [2.45, 2.75) is 11.8 Å². The average molecular weight is 303 g/mol. The van der Waals surface area contributed by atoms with Gasteiger partial charge in [-0.1, -0.05) is 12.1 Å². The first-order valence-electron chi connectivity index (χ1n) is 6.17. The molecule has 0 spiro atoms. The number of nitrogens with zero attached hydrogens (tertiary/aromatic N) is 2. The number of pyridine rings is 1. The summed E-state index contributed by atoms with van der Waals surface area (Å²) in [4.78, 5) is 3.73. The number of ether oxygens (including phenoxy) is 1. The van der Waals surface area contributed by atoms with Crippen LogP contribution in [0.4, 0.5) is 5.69 Å². The van der Waals surface area contributed by atoms with Crippen LogP contribution in [0.2, 0.25) is 0 Å². The molecule has 0 amide bonds. The molecule has 0 aliphatic heterocycles. The summed E-state index contributed by atoms with van der Waals surface area (Å²) in [5.41, 5.74) is 0.507. The lowest BCUT2D eigenvalue weighted by molar-refractivity contribution is 0.342. The Labute approximate surface area is 123 Å². The lowest BCUT2D eigenvalue weighted by atomic mass is 10.3. The summed E-state index contributed by atoms with van der Waals surface area (Å²) in [6.07, 6.45) is 1.14. The van der Waals surface area contributed by atoms with Gasteiger partial charge in [0.1, 0.15) is 22.4 Å². The monoisotopic (exact) mass is 303 g/mol. The second-order valence-electron chi connectivity index (χ2n) is 4.03. The van der Waals surface area contributed by atoms with Gasteiger partial charge in [-0.25, -0.2) is 13.4 Å². The minimum Gasteiger partial charge on any atom is -0.492 e. The number of hydrogen-bond donors (Lipinski definition) is 1. The van der Waals surface area contributed by atoms with Crippen molar-refractivity contribution >= 4 is 15.7 Å². The first-order chi connectivity index (χ1) is 10.1. The maximum Gasteiger partial charge on any atom is 0.263 e. The molecule has 7 heteroatoms. The van der Waals surface area contributed by atoms with Gasteiger partial charge in [-0.05, 0) is 31.2 Å². The summed E-state index contributed by atoms with van der Waals surface area (Å²) in [7, 11) is -3.78. The fourth-order valence-corrected chi connectivity index (χ4v) is 2.66. The second kappa shape index (κ2) is 6.24. The van der Waals surface area contributed by atoms with Crippen LogP contribution in [-0.2, 0) is 10.0 Å². The third kappa shape index (κ3) is 3.49. The Kier molecular flexibility index (Phi) is 4.40. The molecule has 0 unspecified atom stereocenters. The van der Waals surface area contributed by atoms with E-state index < -0.39 is 10.0 Å². The van der Waals surface area contributed by atoms with E-state index in [0.717, 1.165) is 6.20 Å². The fourth-order valence-electron chi connectivity index (χ4n) is 1.64. The third-order valence-electron chi connectivity index (χ3n) is 2.59. The maximum absolute atomic E-state index is 12.3. The molecule has 0 bridgehead atoms. The zero-order valence-corrected chi connectivity index (χ0v) is 12.1. The molecular formula is C14H13N3O3S. The van der Waals surface area contributed by atoms with Crippen LogP contribution in [0.5, 0.6) is 5.75 Å². The number of aromatic nitrogens is 1. The van der Waals surface area contributed by atoms with E-state index in [1.165, 1.54) is 12.1 Å². The molecule has 2 aromatic rings. The van der Waals surface area contributed by atoms with E-state index in [1.807, 2.05) is 13.0 Å². The van der Waals surface area contributed by atoms with Crippen LogP contribution in [0.25, 0.3) is 0 Å². The standard InChI is InChI=1S/C14H13N3O3S/c1-2-20-14-6-4-3-5-13(14)17-21(18,19)12-8-7-11(9-15)16-10-12/h3-8,10,17H,2H2,1H3. The Morgan fingerprint density at radius 1 is 1.29 bits per heavy atom. The summed E-state index contributed by atoms with van der Waals surface area (Å²) in [6.45, 7) is 2.24. The van der Waals surface area contributed by atoms with E-state index in [2.05, 4.69) is 9.71 Å². The van der Waals surface area contributed by atoms with Crippen molar-refractivity contribution in [3.8, 4) is 11.8 Å². The molecule has 0 fully saturated rings. The smallest absolute Gasteiger partial charge is 0.263 e.